The first-order valence-corrected chi connectivity index (χ1v) is 11.5. The summed E-state index contributed by atoms with van der Waals surface area (Å²) in [6, 6.07) is 0. The molecule has 1 aliphatic rings. The molecule has 0 saturated carbocycles. The van der Waals surface area contributed by atoms with Crippen LogP contribution in [0, 0.1) is 0 Å². The average Bonchev–Trinajstić information content (AvgIpc) is 2.50. The van der Waals surface area contributed by atoms with Crippen LogP contribution < -0.4 is 15.0 Å². The molecular weight excluding hydrogens is 372 g/mol. The van der Waals surface area contributed by atoms with Crippen LogP contribution in [0.25, 0.3) is 0 Å². The van der Waals surface area contributed by atoms with Gasteiger partial charge in [0, 0.05) is 5.75 Å². The molecule has 1 aromatic heterocycles. The van der Waals surface area contributed by atoms with Gasteiger partial charge in [0.2, 0.25) is 5.82 Å². The Morgan fingerprint density at radius 3 is 2.70 bits per heavy atom. The smallest absolute Gasteiger partial charge is 0.413 e. The molecule has 152 valence electrons. The maximum atomic E-state index is 12.2. The van der Waals surface area contributed by atoms with Crippen molar-refractivity contribution in [3.05, 3.63) is 6.20 Å². The first kappa shape index (κ1) is 21.2. The molecule has 9 nitrogen and oxygen atoms in total. The minimum atomic E-state index is -0.679. The molecule has 0 spiro atoms. The number of carbonyl (C=O) groups excluding carboxylic acids is 2. The topological polar surface area (TPSA) is 103 Å². The lowest BCUT2D eigenvalue weighted by molar-refractivity contribution is -0.122. The Bertz CT molecular complexity index is 700. The molecule has 0 fully saturated rings. The lowest BCUT2D eigenvalue weighted by atomic mass is 10.2. The Labute approximate surface area is 161 Å². The molecular formula is C17H28N4O5S. The predicted molar refractivity (Wildman–Crippen MR) is 106 cm³/mol. The van der Waals surface area contributed by atoms with Crippen molar-refractivity contribution in [2.45, 2.75) is 26.4 Å². The van der Waals surface area contributed by atoms with Crippen LogP contribution in [0.4, 0.5) is 16.4 Å². The molecule has 1 aliphatic heterocycles. The lowest BCUT2D eigenvalue weighted by Gasteiger charge is -2.29. The standard InChI is InChI=1S/C17H28N4O5S/c1-17(2,3)26-16(23)20-12-9-18-15-14(19-12)21(13(22)10-25-15)11-24-7-8-27(4,5)6/h9H,7-8,10-11H2,1-6H3,(H,19,20,23). The average molecular weight is 401 g/mol. The normalized spacial score (nSPS) is 15.0. The third kappa shape index (κ3) is 6.87. The molecule has 2 amide bonds. The number of aromatic nitrogens is 2. The summed E-state index contributed by atoms with van der Waals surface area (Å²) in [7, 11) is -0.679. The van der Waals surface area contributed by atoms with Gasteiger partial charge in [-0.15, -0.1) is 0 Å². The van der Waals surface area contributed by atoms with Crippen LogP contribution in [0.15, 0.2) is 6.20 Å². The molecule has 1 aromatic rings. The van der Waals surface area contributed by atoms with Gasteiger partial charge in [-0.05, 0) is 39.5 Å². The number of nitrogens with one attached hydrogen (secondary N) is 1. The largest absolute Gasteiger partial charge is 0.465 e. The lowest BCUT2D eigenvalue weighted by Crippen LogP contribution is -2.41. The van der Waals surface area contributed by atoms with Crippen molar-refractivity contribution in [2.24, 2.45) is 0 Å². The van der Waals surface area contributed by atoms with Crippen LogP contribution in [0.5, 0.6) is 5.88 Å². The van der Waals surface area contributed by atoms with E-state index >= 15 is 0 Å². The van der Waals surface area contributed by atoms with E-state index in [0.717, 1.165) is 5.75 Å². The van der Waals surface area contributed by atoms with E-state index in [1.54, 1.807) is 20.8 Å². The van der Waals surface area contributed by atoms with Crippen LogP contribution in [-0.2, 0) is 14.3 Å². The van der Waals surface area contributed by atoms with E-state index in [9.17, 15) is 9.59 Å². The van der Waals surface area contributed by atoms with Crippen LogP contribution >= 0.6 is 10.0 Å². The number of amides is 2. The SMILES string of the molecule is CC(C)(C)OC(=O)Nc1cnc2c(n1)N(COCCS(C)(C)C)C(=O)CO2. The second-order valence-corrected chi connectivity index (χ2v) is 12.5. The summed E-state index contributed by atoms with van der Waals surface area (Å²) < 4.78 is 16.2. The summed E-state index contributed by atoms with van der Waals surface area (Å²) in [5.74, 6) is 1.24. The number of nitrogens with zero attached hydrogens (tertiary/aromatic N) is 3. The predicted octanol–water partition coefficient (Wildman–Crippen LogP) is 2.22. The number of fused-ring (bicyclic) bond motifs is 1. The maximum absolute atomic E-state index is 12.2. The van der Waals surface area contributed by atoms with Gasteiger partial charge in [-0.2, -0.15) is 0 Å². The molecule has 0 unspecified atom stereocenters. The molecule has 0 bridgehead atoms. The van der Waals surface area contributed by atoms with E-state index < -0.39 is 21.7 Å². The Kier molecular flexibility index (Phi) is 6.53. The minimum Gasteiger partial charge on any atom is -0.465 e. The molecule has 0 aliphatic carbocycles. The fourth-order valence-electron chi connectivity index (χ4n) is 2.04. The monoisotopic (exact) mass is 400 g/mol. The summed E-state index contributed by atoms with van der Waals surface area (Å²) in [6.07, 6.45) is 7.29. The molecule has 0 saturated heterocycles. The summed E-state index contributed by atoms with van der Waals surface area (Å²) in [4.78, 5) is 33.9. The highest BCUT2D eigenvalue weighted by Gasteiger charge is 2.29. The van der Waals surface area contributed by atoms with E-state index in [1.165, 1.54) is 11.1 Å². The van der Waals surface area contributed by atoms with Crippen LogP contribution in [0.2, 0.25) is 0 Å². The molecule has 10 heteroatoms. The van der Waals surface area contributed by atoms with E-state index in [1.807, 2.05) is 0 Å². The van der Waals surface area contributed by atoms with Crippen molar-refractivity contribution < 1.29 is 23.8 Å². The fourth-order valence-corrected chi connectivity index (χ4v) is 2.66. The highest BCUT2D eigenvalue weighted by atomic mass is 32.3. The van der Waals surface area contributed by atoms with Gasteiger partial charge in [-0.25, -0.2) is 24.8 Å². The number of hydrogen-bond donors (Lipinski definition) is 1. The highest BCUT2D eigenvalue weighted by molar-refractivity contribution is 8.32. The summed E-state index contributed by atoms with van der Waals surface area (Å²) in [6.45, 7) is 5.74. The van der Waals surface area contributed by atoms with Crippen molar-refractivity contribution in [3.8, 4) is 5.88 Å². The molecule has 0 radical (unpaired) electrons. The third-order valence-electron chi connectivity index (χ3n) is 3.30. The van der Waals surface area contributed by atoms with Gasteiger partial charge in [-0.1, -0.05) is 0 Å². The Morgan fingerprint density at radius 1 is 1.37 bits per heavy atom. The van der Waals surface area contributed by atoms with Crippen molar-refractivity contribution in [1.82, 2.24) is 9.97 Å². The Balaban J connectivity index is 2.07. The van der Waals surface area contributed by atoms with Crippen molar-refractivity contribution in [2.75, 3.05) is 54.7 Å². The highest BCUT2D eigenvalue weighted by Crippen LogP contribution is 2.34. The first-order valence-electron chi connectivity index (χ1n) is 8.48. The summed E-state index contributed by atoms with van der Waals surface area (Å²) >= 11 is 0. The van der Waals surface area contributed by atoms with E-state index in [-0.39, 0.29) is 36.8 Å². The number of hydrogen-bond acceptors (Lipinski definition) is 7. The zero-order chi connectivity index (χ0) is 20.2. The van der Waals surface area contributed by atoms with Gasteiger partial charge in [0.25, 0.3) is 11.8 Å². The summed E-state index contributed by atoms with van der Waals surface area (Å²) in [5, 5.41) is 2.51. The molecule has 0 aromatic carbocycles. The van der Waals surface area contributed by atoms with Gasteiger partial charge < -0.3 is 14.2 Å². The number of rotatable bonds is 6. The molecule has 0 atom stereocenters. The molecule has 27 heavy (non-hydrogen) atoms. The second-order valence-electron chi connectivity index (χ2n) is 7.95. The van der Waals surface area contributed by atoms with Crippen LogP contribution in [0.1, 0.15) is 20.8 Å². The molecule has 1 N–H and O–H groups in total. The van der Waals surface area contributed by atoms with E-state index in [4.69, 9.17) is 14.2 Å². The number of anilines is 2. The minimum absolute atomic E-state index is 0.0509. The Hall–Kier alpha value is -2.07. The van der Waals surface area contributed by atoms with Crippen molar-refractivity contribution >= 4 is 33.7 Å². The van der Waals surface area contributed by atoms with E-state index in [2.05, 4.69) is 34.1 Å². The van der Waals surface area contributed by atoms with E-state index in [0.29, 0.717) is 6.61 Å². The maximum Gasteiger partial charge on any atom is 0.413 e. The Morgan fingerprint density at radius 2 is 2.07 bits per heavy atom. The van der Waals surface area contributed by atoms with Crippen LogP contribution in [-0.4, -0.2) is 72.0 Å². The fraction of sp³-hybridized carbons (Fsp3) is 0.647. The van der Waals surface area contributed by atoms with Gasteiger partial charge in [0.1, 0.15) is 12.3 Å². The quantitative estimate of drug-likeness (QED) is 0.730. The van der Waals surface area contributed by atoms with Gasteiger partial charge in [0.05, 0.1) is 12.8 Å². The zero-order valence-corrected chi connectivity index (χ0v) is 17.5. The van der Waals surface area contributed by atoms with Crippen LogP contribution in [0.3, 0.4) is 0 Å². The number of carbonyl (C=O) groups is 2. The second kappa shape index (κ2) is 8.30. The molecule has 2 rings (SSSR count). The third-order valence-corrected chi connectivity index (χ3v) is 4.69. The first-order chi connectivity index (χ1) is 12.4. The summed E-state index contributed by atoms with van der Waals surface area (Å²) in [5.41, 5.74) is -0.639. The zero-order valence-electron chi connectivity index (χ0n) is 16.7. The van der Waals surface area contributed by atoms with Crippen molar-refractivity contribution in [1.29, 1.82) is 0 Å². The van der Waals surface area contributed by atoms with Gasteiger partial charge >= 0.3 is 6.09 Å². The van der Waals surface area contributed by atoms with Crippen molar-refractivity contribution in [3.63, 3.8) is 0 Å². The molecule has 2 heterocycles. The number of ether oxygens (including phenoxy) is 3. The van der Waals surface area contributed by atoms with Gasteiger partial charge in [0.15, 0.2) is 12.4 Å². The van der Waals surface area contributed by atoms with Gasteiger partial charge in [-0.3, -0.25) is 15.0 Å².